The standard InChI is InChI=1S/C14H18FNOS/c1-4-8-18-9-7-16-11(2)12-5-6-13(15)14(10-12)17-3/h1,5-6,10-11,16H,7-9H2,2-3H3. The first-order valence-electron chi connectivity index (χ1n) is 5.77. The van der Waals surface area contributed by atoms with Crippen LogP contribution in [0.25, 0.3) is 0 Å². The average molecular weight is 267 g/mol. The molecule has 0 saturated heterocycles. The van der Waals surface area contributed by atoms with E-state index >= 15 is 0 Å². The first kappa shape index (κ1) is 14.9. The van der Waals surface area contributed by atoms with Crippen molar-refractivity contribution in [3.63, 3.8) is 0 Å². The Kier molecular flexibility index (Phi) is 6.63. The molecule has 1 unspecified atom stereocenters. The molecule has 1 N–H and O–H groups in total. The molecule has 4 heteroatoms. The van der Waals surface area contributed by atoms with E-state index in [-0.39, 0.29) is 17.6 Å². The van der Waals surface area contributed by atoms with E-state index in [2.05, 4.69) is 11.2 Å². The van der Waals surface area contributed by atoms with Crippen LogP contribution < -0.4 is 10.1 Å². The number of nitrogens with one attached hydrogen (secondary N) is 1. The Bertz CT molecular complexity index is 417. The lowest BCUT2D eigenvalue weighted by Gasteiger charge is -2.15. The van der Waals surface area contributed by atoms with E-state index in [9.17, 15) is 4.39 Å². The van der Waals surface area contributed by atoms with Gasteiger partial charge in [-0.3, -0.25) is 0 Å². The minimum absolute atomic E-state index is 0.158. The van der Waals surface area contributed by atoms with Crippen LogP contribution in [0, 0.1) is 18.2 Å². The van der Waals surface area contributed by atoms with Gasteiger partial charge in [0.2, 0.25) is 0 Å². The van der Waals surface area contributed by atoms with Crippen molar-refractivity contribution in [2.75, 3.05) is 25.2 Å². The minimum atomic E-state index is -0.335. The molecule has 0 amide bonds. The van der Waals surface area contributed by atoms with Gasteiger partial charge in [-0.15, -0.1) is 18.2 Å². The van der Waals surface area contributed by atoms with Crippen LogP contribution in [0.1, 0.15) is 18.5 Å². The Morgan fingerprint density at radius 2 is 2.33 bits per heavy atom. The molecular weight excluding hydrogens is 249 g/mol. The van der Waals surface area contributed by atoms with Crippen LogP contribution >= 0.6 is 11.8 Å². The lowest BCUT2D eigenvalue weighted by Crippen LogP contribution is -2.21. The quantitative estimate of drug-likeness (QED) is 0.606. The largest absolute Gasteiger partial charge is 0.494 e. The molecule has 0 fully saturated rings. The highest BCUT2D eigenvalue weighted by Gasteiger charge is 2.08. The summed E-state index contributed by atoms with van der Waals surface area (Å²) in [5, 5.41) is 3.36. The van der Waals surface area contributed by atoms with Gasteiger partial charge in [0.1, 0.15) is 0 Å². The first-order chi connectivity index (χ1) is 8.69. The molecule has 0 aliphatic rings. The van der Waals surface area contributed by atoms with E-state index < -0.39 is 0 Å². The van der Waals surface area contributed by atoms with Gasteiger partial charge in [0.25, 0.3) is 0 Å². The number of ether oxygens (including phenoxy) is 1. The Balaban J connectivity index is 2.46. The van der Waals surface area contributed by atoms with Crippen molar-refractivity contribution in [3.8, 4) is 18.1 Å². The maximum atomic E-state index is 13.3. The zero-order valence-electron chi connectivity index (χ0n) is 10.7. The summed E-state index contributed by atoms with van der Waals surface area (Å²) in [6, 6.07) is 5.08. The van der Waals surface area contributed by atoms with Crippen LogP contribution in [0.2, 0.25) is 0 Å². The maximum Gasteiger partial charge on any atom is 0.165 e. The molecule has 0 bridgehead atoms. The summed E-state index contributed by atoms with van der Waals surface area (Å²) in [4.78, 5) is 0. The van der Waals surface area contributed by atoms with Crippen LogP contribution in [-0.4, -0.2) is 25.2 Å². The number of hydrogen-bond acceptors (Lipinski definition) is 3. The van der Waals surface area contributed by atoms with E-state index in [0.717, 1.165) is 23.6 Å². The molecule has 98 valence electrons. The van der Waals surface area contributed by atoms with Crippen LogP contribution in [0.3, 0.4) is 0 Å². The van der Waals surface area contributed by atoms with Crippen molar-refractivity contribution in [2.45, 2.75) is 13.0 Å². The summed E-state index contributed by atoms with van der Waals surface area (Å²) in [5.74, 6) is 4.23. The van der Waals surface area contributed by atoms with E-state index in [1.807, 2.05) is 6.92 Å². The molecule has 2 nitrogen and oxygen atoms in total. The summed E-state index contributed by atoms with van der Waals surface area (Å²) in [6.07, 6.45) is 5.17. The van der Waals surface area contributed by atoms with E-state index in [4.69, 9.17) is 11.2 Å². The zero-order valence-corrected chi connectivity index (χ0v) is 11.5. The molecule has 1 rings (SSSR count). The summed E-state index contributed by atoms with van der Waals surface area (Å²) < 4.78 is 18.2. The van der Waals surface area contributed by atoms with Crippen LogP contribution in [0.5, 0.6) is 5.75 Å². The third-order valence-corrected chi connectivity index (χ3v) is 3.42. The van der Waals surface area contributed by atoms with Crippen molar-refractivity contribution < 1.29 is 9.13 Å². The van der Waals surface area contributed by atoms with Gasteiger partial charge < -0.3 is 10.1 Å². The molecule has 0 aliphatic carbocycles. The number of rotatable bonds is 7. The molecule has 0 aliphatic heterocycles. The summed E-state index contributed by atoms with van der Waals surface area (Å²) in [7, 11) is 1.47. The van der Waals surface area contributed by atoms with Gasteiger partial charge in [0, 0.05) is 18.3 Å². The Morgan fingerprint density at radius 1 is 1.56 bits per heavy atom. The van der Waals surface area contributed by atoms with Crippen LogP contribution in [0.4, 0.5) is 4.39 Å². The number of hydrogen-bond donors (Lipinski definition) is 1. The second kappa shape index (κ2) is 8.02. The van der Waals surface area contributed by atoms with Gasteiger partial charge >= 0.3 is 0 Å². The number of thioether (sulfide) groups is 1. The maximum absolute atomic E-state index is 13.3. The SMILES string of the molecule is C#CCSCCNC(C)c1ccc(F)c(OC)c1. The normalized spacial score (nSPS) is 11.9. The fourth-order valence-electron chi connectivity index (χ4n) is 1.54. The molecule has 0 spiro atoms. The second-order valence-corrected chi connectivity index (χ2v) is 4.93. The van der Waals surface area contributed by atoms with Gasteiger partial charge in [-0.05, 0) is 24.6 Å². The molecule has 18 heavy (non-hydrogen) atoms. The van der Waals surface area contributed by atoms with Crippen molar-refractivity contribution >= 4 is 11.8 Å². The molecule has 0 heterocycles. The van der Waals surface area contributed by atoms with Crippen molar-refractivity contribution in [1.82, 2.24) is 5.32 Å². The molecular formula is C14H18FNOS. The predicted molar refractivity (Wildman–Crippen MR) is 75.5 cm³/mol. The predicted octanol–water partition coefficient (Wildman–Crippen LogP) is 2.85. The number of methoxy groups -OCH3 is 1. The second-order valence-electron chi connectivity index (χ2n) is 3.83. The van der Waals surface area contributed by atoms with Gasteiger partial charge in [-0.2, -0.15) is 0 Å². The van der Waals surface area contributed by atoms with Gasteiger partial charge in [-0.1, -0.05) is 12.0 Å². The smallest absolute Gasteiger partial charge is 0.165 e. The number of halogens is 1. The van der Waals surface area contributed by atoms with Gasteiger partial charge in [-0.25, -0.2) is 4.39 Å². The van der Waals surface area contributed by atoms with Crippen LogP contribution in [0.15, 0.2) is 18.2 Å². The lowest BCUT2D eigenvalue weighted by molar-refractivity contribution is 0.385. The fourth-order valence-corrected chi connectivity index (χ4v) is 2.07. The van der Waals surface area contributed by atoms with E-state index in [1.54, 1.807) is 23.9 Å². The zero-order chi connectivity index (χ0) is 13.4. The minimum Gasteiger partial charge on any atom is -0.494 e. The summed E-state index contributed by atoms with van der Waals surface area (Å²) >= 11 is 1.72. The highest BCUT2D eigenvalue weighted by Crippen LogP contribution is 2.22. The topological polar surface area (TPSA) is 21.3 Å². The third kappa shape index (κ3) is 4.59. The monoisotopic (exact) mass is 267 g/mol. The van der Waals surface area contributed by atoms with Crippen molar-refractivity contribution in [2.24, 2.45) is 0 Å². The molecule has 1 aromatic rings. The summed E-state index contributed by atoms with van der Waals surface area (Å²) in [5.41, 5.74) is 1.01. The van der Waals surface area contributed by atoms with E-state index in [0.29, 0.717) is 0 Å². The number of terminal acetylenes is 1. The van der Waals surface area contributed by atoms with Gasteiger partial charge in [0.15, 0.2) is 11.6 Å². The summed E-state index contributed by atoms with van der Waals surface area (Å²) in [6.45, 7) is 2.91. The average Bonchev–Trinajstić information content (AvgIpc) is 2.38. The van der Waals surface area contributed by atoms with Crippen molar-refractivity contribution in [3.05, 3.63) is 29.6 Å². The molecule has 1 atom stereocenters. The van der Waals surface area contributed by atoms with Gasteiger partial charge in [0.05, 0.1) is 12.9 Å². The third-order valence-electron chi connectivity index (χ3n) is 2.56. The molecule has 1 aromatic carbocycles. The van der Waals surface area contributed by atoms with Crippen LogP contribution in [-0.2, 0) is 0 Å². The first-order valence-corrected chi connectivity index (χ1v) is 6.92. The molecule has 0 radical (unpaired) electrons. The molecule has 0 saturated carbocycles. The van der Waals surface area contributed by atoms with Crippen molar-refractivity contribution in [1.29, 1.82) is 0 Å². The number of benzene rings is 1. The van der Waals surface area contributed by atoms with E-state index in [1.165, 1.54) is 13.2 Å². The highest BCUT2D eigenvalue weighted by molar-refractivity contribution is 7.99. The fraction of sp³-hybridized carbons (Fsp3) is 0.429. The molecule has 0 aromatic heterocycles. The Morgan fingerprint density at radius 3 is 3.00 bits per heavy atom. The lowest BCUT2D eigenvalue weighted by atomic mass is 10.1. The highest BCUT2D eigenvalue weighted by atomic mass is 32.2. The Hall–Kier alpha value is -1.18. The Labute approximate surface area is 112 Å².